The summed E-state index contributed by atoms with van der Waals surface area (Å²) in [5.74, 6) is 0. The molecule has 0 aliphatic heterocycles. The predicted molar refractivity (Wildman–Crippen MR) is 67.9 cm³/mol. The molecule has 0 bridgehead atoms. The summed E-state index contributed by atoms with van der Waals surface area (Å²) in [5.41, 5.74) is 1.24. The van der Waals surface area contributed by atoms with E-state index in [1.54, 1.807) is 6.26 Å². The highest BCUT2D eigenvalue weighted by Gasteiger charge is 2.04. The number of rotatable bonds is 7. The van der Waals surface area contributed by atoms with Gasteiger partial charge in [-0.15, -0.1) is 0 Å². The van der Waals surface area contributed by atoms with Gasteiger partial charge < -0.3 is 5.32 Å². The van der Waals surface area contributed by atoms with Crippen molar-refractivity contribution in [3.63, 3.8) is 0 Å². The van der Waals surface area contributed by atoms with E-state index in [1.165, 1.54) is 5.69 Å². The average Bonchev–Trinajstić information content (AvgIpc) is 2.63. The van der Waals surface area contributed by atoms with Crippen LogP contribution < -0.4 is 5.32 Å². The van der Waals surface area contributed by atoms with Crippen molar-refractivity contribution in [3.8, 4) is 0 Å². The summed E-state index contributed by atoms with van der Waals surface area (Å²) < 4.78 is 13.0. The largest absolute Gasteiger partial charge is 0.316 e. The standard InChI is InChI=1S/C11H21N3OS/c1-10(16(3)15)4-7-12-8-5-11-6-9-13-14(11)2/h6,9-10,12H,4-5,7-8H2,1-3H3. The highest BCUT2D eigenvalue weighted by Crippen LogP contribution is 1.98. The van der Waals surface area contributed by atoms with Crippen molar-refractivity contribution in [1.29, 1.82) is 0 Å². The molecule has 4 nitrogen and oxygen atoms in total. The normalized spacial score (nSPS) is 14.9. The molecule has 0 spiro atoms. The summed E-state index contributed by atoms with van der Waals surface area (Å²) in [6, 6.07) is 2.03. The smallest absolute Gasteiger partial charge is 0.0492 e. The van der Waals surface area contributed by atoms with Crippen molar-refractivity contribution in [3.05, 3.63) is 18.0 Å². The number of hydrogen-bond acceptors (Lipinski definition) is 3. The van der Waals surface area contributed by atoms with Gasteiger partial charge in [0.15, 0.2) is 0 Å². The van der Waals surface area contributed by atoms with Crippen LogP contribution in [0.4, 0.5) is 0 Å². The third-order valence-electron chi connectivity index (χ3n) is 2.77. The molecule has 16 heavy (non-hydrogen) atoms. The molecule has 5 heteroatoms. The van der Waals surface area contributed by atoms with Gasteiger partial charge in [0.2, 0.25) is 0 Å². The molecule has 0 saturated carbocycles. The number of hydrogen-bond donors (Lipinski definition) is 1. The minimum absolute atomic E-state index is 0.282. The fourth-order valence-corrected chi connectivity index (χ4v) is 1.91. The van der Waals surface area contributed by atoms with Crippen molar-refractivity contribution in [2.45, 2.75) is 25.0 Å². The zero-order valence-corrected chi connectivity index (χ0v) is 11.1. The Morgan fingerprint density at radius 1 is 1.56 bits per heavy atom. The minimum Gasteiger partial charge on any atom is -0.316 e. The molecule has 0 aliphatic rings. The lowest BCUT2D eigenvalue weighted by atomic mass is 10.3. The SMILES string of the molecule is CC(CCNCCc1ccnn1C)S(C)=O. The molecule has 1 heterocycles. The Balaban J connectivity index is 2.09. The topological polar surface area (TPSA) is 46.9 Å². The van der Waals surface area contributed by atoms with Crippen LogP contribution in [-0.2, 0) is 24.3 Å². The Bertz CT molecular complexity index is 338. The molecule has 0 radical (unpaired) electrons. The first-order valence-electron chi connectivity index (χ1n) is 5.61. The van der Waals surface area contributed by atoms with E-state index in [4.69, 9.17) is 0 Å². The predicted octanol–water partition coefficient (Wildman–Crippen LogP) is 0.709. The highest BCUT2D eigenvalue weighted by molar-refractivity contribution is 7.84. The molecule has 0 saturated heterocycles. The van der Waals surface area contributed by atoms with Crippen LogP contribution >= 0.6 is 0 Å². The van der Waals surface area contributed by atoms with E-state index in [-0.39, 0.29) is 5.25 Å². The third kappa shape index (κ3) is 4.45. The molecule has 0 fully saturated rings. The van der Waals surface area contributed by atoms with Gasteiger partial charge in [-0.3, -0.25) is 8.89 Å². The molecule has 0 amide bonds. The molecule has 1 aromatic rings. The first-order chi connectivity index (χ1) is 7.61. The second-order valence-corrected chi connectivity index (χ2v) is 5.85. The Hall–Kier alpha value is -0.680. The van der Waals surface area contributed by atoms with Crippen LogP contribution in [0.25, 0.3) is 0 Å². The van der Waals surface area contributed by atoms with Crippen molar-refractivity contribution in [2.75, 3.05) is 19.3 Å². The number of aryl methyl sites for hydroxylation is 1. The van der Waals surface area contributed by atoms with Gasteiger partial charge in [-0.1, -0.05) is 6.92 Å². The van der Waals surface area contributed by atoms with Crippen LogP contribution in [0.2, 0.25) is 0 Å². The number of nitrogens with zero attached hydrogens (tertiary/aromatic N) is 2. The third-order valence-corrected chi connectivity index (χ3v) is 4.14. The van der Waals surface area contributed by atoms with E-state index in [9.17, 15) is 4.21 Å². The quantitative estimate of drug-likeness (QED) is 0.718. The average molecular weight is 243 g/mol. The van der Waals surface area contributed by atoms with Gasteiger partial charge in [-0.05, 0) is 19.0 Å². The van der Waals surface area contributed by atoms with Crippen LogP contribution in [0.5, 0.6) is 0 Å². The Kier molecular flexibility index (Phi) is 5.69. The maximum atomic E-state index is 11.1. The Morgan fingerprint density at radius 2 is 2.31 bits per heavy atom. The summed E-state index contributed by atoms with van der Waals surface area (Å²) in [7, 11) is 1.25. The highest BCUT2D eigenvalue weighted by atomic mass is 32.2. The van der Waals surface area contributed by atoms with Crippen LogP contribution in [0, 0.1) is 0 Å². The summed E-state index contributed by atoms with van der Waals surface area (Å²) in [6.45, 7) is 3.90. The molecule has 1 N–H and O–H groups in total. The van der Waals surface area contributed by atoms with E-state index in [0.29, 0.717) is 0 Å². The molecular formula is C11H21N3OS. The van der Waals surface area contributed by atoms with E-state index in [1.807, 2.05) is 30.9 Å². The fourth-order valence-electron chi connectivity index (χ4n) is 1.46. The molecule has 92 valence electrons. The van der Waals surface area contributed by atoms with E-state index >= 15 is 0 Å². The summed E-state index contributed by atoms with van der Waals surface area (Å²) in [5, 5.41) is 7.76. The molecule has 1 aromatic heterocycles. The first kappa shape index (κ1) is 13.4. The van der Waals surface area contributed by atoms with E-state index in [0.717, 1.165) is 25.9 Å². The molecular weight excluding hydrogens is 222 g/mol. The monoisotopic (exact) mass is 243 g/mol. The zero-order chi connectivity index (χ0) is 12.0. The molecule has 2 unspecified atom stereocenters. The Labute approximate surface area is 99.9 Å². The molecule has 2 atom stereocenters. The maximum absolute atomic E-state index is 11.1. The van der Waals surface area contributed by atoms with Crippen LogP contribution in [0.3, 0.4) is 0 Å². The second-order valence-electron chi connectivity index (χ2n) is 4.04. The van der Waals surface area contributed by atoms with Gasteiger partial charge in [0.25, 0.3) is 0 Å². The minimum atomic E-state index is -0.703. The van der Waals surface area contributed by atoms with Crippen LogP contribution in [0.1, 0.15) is 19.0 Å². The lowest BCUT2D eigenvalue weighted by molar-refractivity contribution is 0.612. The summed E-state index contributed by atoms with van der Waals surface area (Å²) in [4.78, 5) is 0. The lowest BCUT2D eigenvalue weighted by Crippen LogP contribution is -2.23. The molecule has 1 rings (SSSR count). The van der Waals surface area contributed by atoms with Crippen LogP contribution in [-0.4, -0.2) is 38.6 Å². The van der Waals surface area contributed by atoms with Crippen molar-refractivity contribution >= 4 is 10.8 Å². The number of nitrogens with one attached hydrogen (secondary N) is 1. The fraction of sp³-hybridized carbons (Fsp3) is 0.727. The van der Waals surface area contributed by atoms with Gasteiger partial charge in [-0.2, -0.15) is 5.10 Å². The second kappa shape index (κ2) is 6.81. The van der Waals surface area contributed by atoms with Gasteiger partial charge >= 0.3 is 0 Å². The van der Waals surface area contributed by atoms with Gasteiger partial charge in [0.1, 0.15) is 0 Å². The van der Waals surface area contributed by atoms with Gasteiger partial charge in [0.05, 0.1) is 0 Å². The number of aromatic nitrogens is 2. The zero-order valence-electron chi connectivity index (χ0n) is 10.3. The summed E-state index contributed by atoms with van der Waals surface area (Å²) in [6.07, 6.45) is 5.53. The van der Waals surface area contributed by atoms with Crippen molar-refractivity contribution in [1.82, 2.24) is 15.1 Å². The van der Waals surface area contributed by atoms with Crippen LogP contribution in [0.15, 0.2) is 12.3 Å². The maximum Gasteiger partial charge on any atom is 0.0492 e. The van der Waals surface area contributed by atoms with Gasteiger partial charge in [-0.25, -0.2) is 0 Å². The summed E-state index contributed by atoms with van der Waals surface area (Å²) >= 11 is 0. The lowest BCUT2D eigenvalue weighted by Gasteiger charge is -2.09. The van der Waals surface area contributed by atoms with E-state index in [2.05, 4.69) is 10.4 Å². The van der Waals surface area contributed by atoms with Gasteiger partial charge in [0, 0.05) is 54.2 Å². The molecule has 0 aromatic carbocycles. The van der Waals surface area contributed by atoms with Crippen molar-refractivity contribution < 1.29 is 4.21 Å². The first-order valence-corrected chi connectivity index (χ1v) is 7.23. The van der Waals surface area contributed by atoms with Crippen molar-refractivity contribution in [2.24, 2.45) is 7.05 Å². The van der Waals surface area contributed by atoms with E-state index < -0.39 is 10.8 Å². The Morgan fingerprint density at radius 3 is 2.88 bits per heavy atom. The molecule has 0 aliphatic carbocycles.